The van der Waals surface area contributed by atoms with E-state index in [1.54, 1.807) is 13.2 Å². The van der Waals surface area contributed by atoms with Gasteiger partial charge in [0, 0.05) is 22.8 Å². The third-order valence-electron chi connectivity index (χ3n) is 5.32. The highest BCUT2D eigenvalue weighted by atomic mass is 16.5. The number of aryl methyl sites for hydroxylation is 2. The van der Waals surface area contributed by atoms with Crippen molar-refractivity contribution in [2.75, 3.05) is 12.4 Å². The molecule has 152 valence electrons. The van der Waals surface area contributed by atoms with Gasteiger partial charge >= 0.3 is 0 Å². The second-order valence-electron chi connectivity index (χ2n) is 7.23. The number of methoxy groups -OCH3 is 1. The van der Waals surface area contributed by atoms with E-state index in [1.807, 2.05) is 82.3 Å². The van der Waals surface area contributed by atoms with Gasteiger partial charge in [0.25, 0.3) is 5.91 Å². The Bertz CT molecular complexity index is 1160. The van der Waals surface area contributed by atoms with Crippen LogP contribution in [0.4, 0.5) is 5.69 Å². The SMILES string of the molecule is COc1ccc(-n2c(C)cc(/C=C(/C#N)C(=O)Nc3cccc(C)c3C)c2C)cc1. The maximum absolute atomic E-state index is 12.7. The highest BCUT2D eigenvalue weighted by Gasteiger charge is 2.15. The number of aromatic nitrogens is 1. The van der Waals surface area contributed by atoms with Gasteiger partial charge in [0.1, 0.15) is 17.4 Å². The molecule has 0 spiro atoms. The number of anilines is 1. The number of nitrogens with zero attached hydrogens (tertiary/aromatic N) is 2. The molecule has 0 saturated carbocycles. The van der Waals surface area contributed by atoms with Crippen LogP contribution in [0.5, 0.6) is 5.75 Å². The van der Waals surface area contributed by atoms with Gasteiger partial charge in [0.15, 0.2) is 0 Å². The molecule has 0 bridgehead atoms. The standard InChI is InChI=1S/C25H25N3O2/c1-16-7-6-8-24(18(16)3)27-25(29)21(15-26)14-20-13-17(2)28(19(20)4)22-9-11-23(30-5)12-10-22/h6-14H,1-5H3,(H,27,29)/b21-14-. The van der Waals surface area contributed by atoms with Crippen LogP contribution >= 0.6 is 0 Å². The minimum atomic E-state index is -0.416. The zero-order chi connectivity index (χ0) is 21.8. The number of amides is 1. The number of hydrogen-bond acceptors (Lipinski definition) is 3. The fourth-order valence-corrected chi connectivity index (χ4v) is 3.44. The Balaban J connectivity index is 1.93. The fraction of sp³-hybridized carbons (Fsp3) is 0.200. The van der Waals surface area contributed by atoms with Crippen molar-refractivity contribution >= 4 is 17.7 Å². The summed E-state index contributed by atoms with van der Waals surface area (Å²) in [7, 11) is 1.64. The first-order valence-electron chi connectivity index (χ1n) is 9.68. The van der Waals surface area contributed by atoms with Crippen molar-refractivity contribution in [1.29, 1.82) is 5.26 Å². The molecule has 1 N–H and O–H groups in total. The number of nitriles is 1. The number of hydrogen-bond donors (Lipinski definition) is 1. The summed E-state index contributed by atoms with van der Waals surface area (Å²) in [6.45, 7) is 7.90. The Morgan fingerprint density at radius 2 is 1.80 bits per heavy atom. The summed E-state index contributed by atoms with van der Waals surface area (Å²) < 4.78 is 7.32. The maximum Gasteiger partial charge on any atom is 0.266 e. The molecule has 0 aliphatic heterocycles. The van der Waals surface area contributed by atoms with Crippen molar-refractivity contribution in [3.63, 3.8) is 0 Å². The summed E-state index contributed by atoms with van der Waals surface area (Å²) in [4.78, 5) is 12.7. The molecule has 30 heavy (non-hydrogen) atoms. The van der Waals surface area contributed by atoms with E-state index in [9.17, 15) is 10.1 Å². The lowest BCUT2D eigenvalue weighted by Crippen LogP contribution is -2.14. The minimum Gasteiger partial charge on any atom is -0.497 e. The number of ether oxygens (including phenoxy) is 1. The average molecular weight is 399 g/mol. The molecule has 5 nitrogen and oxygen atoms in total. The summed E-state index contributed by atoms with van der Waals surface area (Å²) >= 11 is 0. The van der Waals surface area contributed by atoms with Crippen LogP contribution in [0, 0.1) is 39.0 Å². The predicted octanol–water partition coefficient (Wildman–Crippen LogP) is 5.27. The van der Waals surface area contributed by atoms with Gasteiger partial charge in [-0.05, 0) is 86.9 Å². The van der Waals surface area contributed by atoms with Crippen molar-refractivity contribution in [3.05, 3.63) is 82.2 Å². The second kappa shape index (κ2) is 8.71. The second-order valence-corrected chi connectivity index (χ2v) is 7.23. The fourth-order valence-electron chi connectivity index (χ4n) is 3.44. The molecule has 3 rings (SSSR count). The average Bonchev–Trinajstić information content (AvgIpc) is 3.02. The molecule has 0 saturated heterocycles. The molecule has 0 radical (unpaired) electrons. The summed E-state index contributed by atoms with van der Waals surface area (Å²) in [5.41, 5.74) is 6.62. The molecule has 0 unspecified atom stereocenters. The summed E-state index contributed by atoms with van der Waals surface area (Å²) in [5, 5.41) is 12.5. The smallest absolute Gasteiger partial charge is 0.266 e. The highest BCUT2D eigenvalue weighted by Crippen LogP contribution is 2.25. The van der Waals surface area contributed by atoms with Crippen molar-refractivity contribution < 1.29 is 9.53 Å². The Hall–Kier alpha value is -3.78. The summed E-state index contributed by atoms with van der Waals surface area (Å²) in [5.74, 6) is 0.372. The summed E-state index contributed by atoms with van der Waals surface area (Å²) in [6, 6.07) is 17.5. The van der Waals surface area contributed by atoms with Crippen molar-refractivity contribution in [3.8, 4) is 17.5 Å². The lowest BCUT2D eigenvalue weighted by atomic mass is 10.1. The van der Waals surface area contributed by atoms with Gasteiger partial charge in [0.2, 0.25) is 0 Å². The molecule has 1 aromatic heterocycles. The van der Waals surface area contributed by atoms with Crippen LogP contribution in [0.2, 0.25) is 0 Å². The first-order valence-corrected chi connectivity index (χ1v) is 9.68. The van der Waals surface area contributed by atoms with Gasteiger partial charge in [-0.1, -0.05) is 12.1 Å². The predicted molar refractivity (Wildman–Crippen MR) is 120 cm³/mol. The topological polar surface area (TPSA) is 67.0 Å². The zero-order valence-corrected chi connectivity index (χ0v) is 17.9. The lowest BCUT2D eigenvalue weighted by molar-refractivity contribution is -0.112. The van der Waals surface area contributed by atoms with Crippen LogP contribution in [0.25, 0.3) is 11.8 Å². The van der Waals surface area contributed by atoms with Gasteiger partial charge in [0.05, 0.1) is 7.11 Å². The van der Waals surface area contributed by atoms with E-state index in [1.165, 1.54) is 0 Å². The van der Waals surface area contributed by atoms with Crippen LogP contribution in [0.1, 0.15) is 28.1 Å². The lowest BCUT2D eigenvalue weighted by Gasteiger charge is -2.11. The van der Waals surface area contributed by atoms with Crippen molar-refractivity contribution in [2.24, 2.45) is 0 Å². The highest BCUT2D eigenvalue weighted by molar-refractivity contribution is 6.10. The minimum absolute atomic E-state index is 0.0610. The van der Waals surface area contributed by atoms with Crippen LogP contribution in [0.3, 0.4) is 0 Å². The quantitative estimate of drug-likeness (QED) is 0.470. The zero-order valence-electron chi connectivity index (χ0n) is 17.9. The molecule has 1 amide bonds. The molecular formula is C25H25N3O2. The van der Waals surface area contributed by atoms with E-state index < -0.39 is 5.91 Å². The first kappa shape index (κ1) is 20.9. The molecular weight excluding hydrogens is 374 g/mol. The number of carbonyl (C=O) groups excluding carboxylic acids is 1. The van der Waals surface area contributed by atoms with Gasteiger partial charge in [-0.3, -0.25) is 4.79 Å². The van der Waals surface area contributed by atoms with E-state index in [-0.39, 0.29) is 5.57 Å². The Morgan fingerprint density at radius 1 is 1.10 bits per heavy atom. The van der Waals surface area contributed by atoms with Crippen LogP contribution in [-0.2, 0) is 4.79 Å². The molecule has 5 heteroatoms. The van der Waals surface area contributed by atoms with E-state index in [0.29, 0.717) is 5.69 Å². The van der Waals surface area contributed by atoms with Crippen molar-refractivity contribution in [2.45, 2.75) is 27.7 Å². The maximum atomic E-state index is 12.7. The van der Waals surface area contributed by atoms with E-state index in [4.69, 9.17) is 4.74 Å². The molecule has 1 heterocycles. The number of benzene rings is 2. The third-order valence-corrected chi connectivity index (χ3v) is 5.32. The van der Waals surface area contributed by atoms with Gasteiger partial charge < -0.3 is 14.6 Å². The molecule has 0 atom stereocenters. The number of nitrogens with one attached hydrogen (secondary N) is 1. The molecule has 0 aliphatic carbocycles. The summed E-state index contributed by atoms with van der Waals surface area (Å²) in [6.07, 6.45) is 1.64. The van der Waals surface area contributed by atoms with Crippen molar-refractivity contribution in [1.82, 2.24) is 4.57 Å². The van der Waals surface area contributed by atoms with Gasteiger partial charge in [-0.2, -0.15) is 5.26 Å². The normalized spacial score (nSPS) is 11.1. The van der Waals surface area contributed by atoms with Crippen LogP contribution in [0.15, 0.2) is 54.1 Å². The van der Waals surface area contributed by atoms with Crippen LogP contribution < -0.4 is 10.1 Å². The van der Waals surface area contributed by atoms with E-state index in [0.717, 1.165) is 39.5 Å². The Kier molecular flexibility index (Phi) is 6.08. The molecule has 2 aromatic carbocycles. The number of carbonyl (C=O) groups is 1. The Morgan fingerprint density at radius 3 is 2.43 bits per heavy atom. The number of rotatable bonds is 5. The largest absolute Gasteiger partial charge is 0.497 e. The van der Waals surface area contributed by atoms with Gasteiger partial charge in [-0.25, -0.2) is 0 Å². The molecule has 0 aliphatic rings. The van der Waals surface area contributed by atoms with Gasteiger partial charge in [-0.15, -0.1) is 0 Å². The molecule has 3 aromatic rings. The monoisotopic (exact) mass is 399 g/mol. The first-order chi connectivity index (χ1) is 14.3. The third kappa shape index (κ3) is 4.13. The molecule has 0 fully saturated rings. The Labute approximate surface area is 177 Å². The van der Waals surface area contributed by atoms with E-state index >= 15 is 0 Å². The van der Waals surface area contributed by atoms with Crippen LogP contribution in [-0.4, -0.2) is 17.6 Å². The van der Waals surface area contributed by atoms with E-state index in [2.05, 4.69) is 9.88 Å².